The topological polar surface area (TPSA) is 62.7 Å². The van der Waals surface area contributed by atoms with Gasteiger partial charge in [0.05, 0.1) is 18.1 Å². The van der Waals surface area contributed by atoms with Crippen molar-refractivity contribution >= 4 is 17.7 Å². The quantitative estimate of drug-likeness (QED) is 0.709. The monoisotopic (exact) mass is 413 g/mol. The normalized spacial score (nSPS) is 23.0. The minimum atomic E-state index is -4.51. The lowest BCUT2D eigenvalue weighted by atomic mass is 9.93. The van der Waals surface area contributed by atoms with Crippen LogP contribution >= 0.6 is 0 Å². The van der Waals surface area contributed by atoms with E-state index < -0.39 is 29.7 Å². The molecule has 1 aromatic heterocycles. The van der Waals surface area contributed by atoms with Gasteiger partial charge in [-0.15, -0.1) is 0 Å². The molecule has 0 aromatic carbocycles. The average molecular weight is 413 g/mol. The SMILES string of the molecule is CCOC(=O)C1CCCCN1C(=O)C1CCCN(c2ncccc2C(F)(F)F)C1. The maximum atomic E-state index is 13.4. The molecular formula is C20H26F3N3O3. The van der Waals surface area contributed by atoms with Crippen LogP contribution in [0.25, 0.3) is 0 Å². The summed E-state index contributed by atoms with van der Waals surface area (Å²) in [7, 11) is 0. The Morgan fingerprint density at radius 1 is 1.21 bits per heavy atom. The van der Waals surface area contributed by atoms with E-state index in [0.29, 0.717) is 32.4 Å². The average Bonchev–Trinajstić information content (AvgIpc) is 2.73. The van der Waals surface area contributed by atoms with Crippen LogP contribution in [0.1, 0.15) is 44.6 Å². The first-order chi connectivity index (χ1) is 13.8. The number of ether oxygens (including phenoxy) is 1. The predicted molar refractivity (Wildman–Crippen MR) is 100 cm³/mol. The van der Waals surface area contributed by atoms with Crippen LogP contribution < -0.4 is 4.90 Å². The number of alkyl halides is 3. The molecule has 29 heavy (non-hydrogen) atoms. The molecule has 0 saturated carbocycles. The van der Waals surface area contributed by atoms with Crippen LogP contribution in [0.5, 0.6) is 0 Å². The Balaban J connectivity index is 1.77. The third-order valence-electron chi connectivity index (χ3n) is 5.51. The van der Waals surface area contributed by atoms with Crippen molar-refractivity contribution in [2.75, 3.05) is 31.1 Å². The summed E-state index contributed by atoms with van der Waals surface area (Å²) in [5, 5.41) is 0. The fourth-order valence-corrected chi connectivity index (χ4v) is 4.15. The lowest BCUT2D eigenvalue weighted by molar-refractivity contribution is -0.158. The number of carbonyl (C=O) groups is 2. The molecule has 0 bridgehead atoms. The van der Waals surface area contributed by atoms with Gasteiger partial charge in [-0.05, 0) is 51.2 Å². The number of esters is 1. The third kappa shape index (κ3) is 4.82. The van der Waals surface area contributed by atoms with Gasteiger partial charge >= 0.3 is 12.1 Å². The van der Waals surface area contributed by atoms with Crippen molar-refractivity contribution < 1.29 is 27.5 Å². The van der Waals surface area contributed by atoms with E-state index in [4.69, 9.17) is 4.74 Å². The summed E-state index contributed by atoms with van der Waals surface area (Å²) in [6, 6.07) is 1.67. The van der Waals surface area contributed by atoms with E-state index in [1.165, 1.54) is 17.2 Å². The molecular weight excluding hydrogens is 387 g/mol. The Labute approximate surface area is 168 Å². The van der Waals surface area contributed by atoms with Crippen molar-refractivity contribution in [3.8, 4) is 0 Å². The van der Waals surface area contributed by atoms with Crippen molar-refractivity contribution in [1.29, 1.82) is 0 Å². The molecule has 2 atom stereocenters. The first-order valence-corrected chi connectivity index (χ1v) is 10.1. The molecule has 3 heterocycles. The molecule has 1 amide bonds. The predicted octanol–water partition coefficient (Wildman–Crippen LogP) is 3.26. The standard InChI is InChI=1S/C20H26F3N3O3/c1-2-29-19(28)16-9-3-4-12-26(16)18(27)14-7-6-11-25(13-14)17-15(20(21,22)23)8-5-10-24-17/h5,8,10,14,16H,2-4,6-7,9,11-13H2,1H3. The van der Waals surface area contributed by atoms with E-state index in [0.717, 1.165) is 18.9 Å². The lowest BCUT2D eigenvalue weighted by Gasteiger charge is -2.40. The molecule has 0 radical (unpaired) electrons. The minimum absolute atomic E-state index is 0.141. The van der Waals surface area contributed by atoms with Crippen molar-refractivity contribution in [3.63, 3.8) is 0 Å². The largest absolute Gasteiger partial charge is 0.464 e. The highest BCUT2D eigenvalue weighted by Gasteiger charge is 2.40. The van der Waals surface area contributed by atoms with Gasteiger partial charge in [0, 0.05) is 25.8 Å². The number of aromatic nitrogens is 1. The Kier molecular flexibility index (Phi) is 6.64. The van der Waals surface area contributed by atoms with Gasteiger partial charge in [0.15, 0.2) is 0 Å². The van der Waals surface area contributed by atoms with Gasteiger partial charge in [0.2, 0.25) is 5.91 Å². The minimum Gasteiger partial charge on any atom is -0.464 e. The van der Waals surface area contributed by atoms with Crippen LogP contribution in [0, 0.1) is 5.92 Å². The highest BCUT2D eigenvalue weighted by molar-refractivity contribution is 5.86. The zero-order valence-corrected chi connectivity index (χ0v) is 16.5. The smallest absolute Gasteiger partial charge is 0.419 e. The molecule has 0 N–H and O–H groups in total. The van der Waals surface area contributed by atoms with E-state index in [9.17, 15) is 22.8 Å². The molecule has 0 aliphatic carbocycles. The third-order valence-corrected chi connectivity index (χ3v) is 5.51. The number of pyridine rings is 1. The Morgan fingerprint density at radius 3 is 2.72 bits per heavy atom. The van der Waals surface area contributed by atoms with E-state index >= 15 is 0 Å². The van der Waals surface area contributed by atoms with Gasteiger partial charge in [0.1, 0.15) is 11.9 Å². The number of rotatable bonds is 4. The van der Waals surface area contributed by atoms with Crippen molar-refractivity contribution in [2.45, 2.75) is 51.2 Å². The highest BCUT2D eigenvalue weighted by Crippen LogP contribution is 2.37. The van der Waals surface area contributed by atoms with Crippen molar-refractivity contribution in [2.24, 2.45) is 5.92 Å². The van der Waals surface area contributed by atoms with Crippen molar-refractivity contribution in [1.82, 2.24) is 9.88 Å². The summed E-state index contributed by atoms with van der Waals surface area (Å²) in [5.41, 5.74) is -0.796. The van der Waals surface area contributed by atoms with Crippen LogP contribution in [0.4, 0.5) is 19.0 Å². The molecule has 2 aliphatic rings. The molecule has 2 unspecified atom stereocenters. The number of amides is 1. The molecule has 2 saturated heterocycles. The highest BCUT2D eigenvalue weighted by atomic mass is 19.4. The van der Waals surface area contributed by atoms with Gasteiger partial charge in [-0.25, -0.2) is 9.78 Å². The summed E-state index contributed by atoms with van der Waals surface area (Å²) in [4.78, 5) is 32.5. The van der Waals surface area contributed by atoms with Gasteiger partial charge in [0.25, 0.3) is 0 Å². The van der Waals surface area contributed by atoms with Crippen LogP contribution in [-0.4, -0.2) is 54.0 Å². The Morgan fingerprint density at radius 2 is 2.00 bits per heavy atom. The zero-order chi connectivity index (χ0) is 21.0. The van der Waals surface area contributed by atoms with Gasteiger partial charge in [-0.3, -0.25) is 4.79 Å². The van der Waals surface area contributed by atoms with Crippen LogP contribution in [-0.2, 0) is 20.5 Å². The van der Waals surface area contributed by atoms with Crippen LogP contribution in [0.3, 0.4) is 0 Å². The Bertz CT molecular complexity index is 741. The van der Waals surface area contributed by atoms with Crippen LogP contribution in [0.15, 0.2) is 18.3 Å². The molecule has 1 aromatic rings. The number of nitrogens with zero attached hydrogens (tertiary/aromatic N) is 3. The summed E-state index contributed by atoms with van der Waals surface area (Å²) < 4.78 is 45.2. The molecule has 2 fully saturated rings. The van der Waals surface area contributed by atoms with Gasteiger partial charge < -0.3 is 14.5 Å². The number of halogens is 3. The summed E-state index contributed by atoms with van der Waals surface area (Å²) in [6.07, 6.45) is 0.181. The first kappa shape index (κ1) is 21.4. The maximum Gasteiger partial charge on any atom is 0.419 e. The Hall–Kier alpha value is -2.32. The molecule has 0 spiro atoms. The molecule has 6 nitrogen and oxygen atoms in total. The second-order valence-corrected chi connectivity index (χ2v) is 7.45. The summed E-state index contributed by atoms with van der Waals surface area (Å²) in [6.45, 7) is 3.00. The van der Waals surface area contributed by atoms with E-state index in [1.807, 2.05) is 0 Å². The molecule has 2 aliphatic heterocycles. The van der Waals surface area contributed by atoms with E-state index in [2.05, 4.69) is 4.98 Å². The second kappa shape index (κ2) is 9.00. The molecule has 9 heteroatoms. The maximum absolute atomic E-state index is 13.4. The second-order valence-electron chi connectivity index (χ2n) is 7.45. The summed E-state index contributed by atoms with van der Waals surface area (Å²) in [5.74, 6) is -1.20. The fraction of sp³-hybridized carbons (Fsp3) is 0.650. The van der Waals surface area contributed by atoms with Crippen molar-refractivity contribution in [3.05, 3.63) is 23.9 Å². The number of hydrogen-bond donors (Lipinski definition) is 0. The molecule has 3 rings (SSSR count). The zero-order valence-electron chi connectivity index (χ0n) is 16.5. The lowest BCUT2D eigenvalue weighted by Crippen LogP contribution is -2.53. The first-order valence-electron chi connectivity index (χ1n) is 10.1. The van der Waals surface area contributed by atoms with Crippen LogP contribution in [0.2, 0.25) is 0 Å². The number of hydrogen-bond acceptors (Lipinski definition) is 5. The number of piperidine rings is 2. The fourth-order valence-electron chi connectivity index (χ4n) is 4.15. The number of likely N-dealkylation sites (tertiary alicyclic amines) is 1. The number of anilines is 1. The number of carbonyl (C=O) groups excluding carboxylic acids is 2. The van der Waals surface area contributed by atoms with E-state index in [-0.39, 0.29) is 24.9 Å². The van der Waals surface area contributed by atoms with Gasteiger partial charge in [-0.2, -0.15) is 13.2 Å². The molecule has 160 valence electrons. The van der Waals surface area contributed by atoms with E-state index in [1.54, 1.807) is 11.8 Å². The summed E-state index contributed by atoms with van der Waals surface area (Å²) >= 11 is 0. The van der Waals surface area contributed by atoms with Gasteiger partial charge in [-0.1, -0.05) is 0 Å².